The van der Waals surface area contributed by atoms with E-state index in [0.29, 0.717) is 17.1 Å². The Bertz CT molecular complexity index is 647. The largest absolute Gasteiger partial charge is 0.381 e. The molecule has 2 aromatic carbocycles. The van der Waals surface area contributed by atoms with Crippen molar-refractivity contribution in [3.63, 3.8) is 0 Å². The summed E-state index contributed by atoms with van der Waals surface area (Å²) in [6.07, 6.45) is 0. The van der Waals surface area contributed by atoms with Crippen molar-refractivity contribution in [3.05, 3.63) is 63.9 Å². The lowest BCUT2D eigenvalue weighted by Crippen LogP contribution is -2.01. The van der Waals surface area contributed by atoms with Crippen LogP contribution in [0.3, 0.4) is 0 Å². The number of aryl methyl sites for hydroxylation is 1. The molecule has 1 N–H and O–H groups in total. The monoisotopic (exact) mass is 274 g/mol. The molecule has 0 unspecified atom stereocenters. The molecule has 0 fully saturated rings. The second kappa shape index (κ2) is 5.73. The van der Waals surface area contributed by atoms with E-state index >= 15 is 0 Å². The Morgan fingerprint density at radius 3 is 2.68 bits per heavy atom. The molecular weight excluding hydrogens is 263 g/mol. The Labute approximate surface area is 116 Å². The molecule has 4 heteroatoms. The Balaban J connectivity index is 2.10. The second-order valence-corrected chi connectivity index (χ2v) is 4.64. The molecule has 0 aromatic heterocycles. The SMILES string of the molecule is Cc1cc(F)ccc1CNc1ccc(C#N)c(Cl)c1. The van der Waals surface area contributed by atoms with Crippen LogP contribution in [0.25, 0.3) is 0 Å². The average molecular weight is 275 g/mol. The van der Waals surface area contributed by atoms with Crippen LogP contribution in [-0.4, -0.2) is 0 Å². The number of rotatable bonds is 3. The minimum atomic E-state index is -0.234. The first-order valence-corrected chi connectivity index (χ1v) is 6.16. The van der Waals surface area contributed by atoms with Gasteiger partial charge in [0.1, 0.15) is 11.9 Å². The van der Waals surface area contributed by atoms with Crippen LogP contribution >= 0.6 is 11.6 Å². The molecule has 0 aliphatic carbocycles. The number of benzene rings is 2. The van der Waals surface area contributed by atoms with Gasteiger partial charge in [-0.25, -0.2) is 4.39 Å². The van der Waals surface area contributed by atoms with Crippen LogP contribution < -0.4 is 5.32 Å². The van der Waals surface area contributed by atoms with Crippen LogP contribution in [0.15, 0.2) is 36.4 Å². The van der Waals surface area contributed by atoms with Crippen LogP contribution in [0.1, 0.15) is 16.7 Å². The fourth-order valence-corrected chi connectivity index (χ4v) is 1.99. The Kier molecular flexibility index (Phi) is 4.03. The molecule has 2 nitrogen and oxygen atoms in total. The highest BCUT2D eigenvalue weighted by Gasteiger charge is 2.03. The van der Waals surface area contributed by atoms with Crippen molar-refractivity contribution in [2.75, 3.05) is 5.32 Å². The molecule has 0 radical (unpaired) electrons. The van der Waals surface area contributed by atoms with E-state index < -0.39 is 0 Å². The molecule has 0 heterocycles. The summed E-state index contributed by atoms with van der Waals surface area (Å²) < 4.78 is 13.0. The zero-order chi connectivity index (χ0) is 13.8. The summed E-state index contributed by atoms with van der Waals surface area (Å²) in [5.41, 5.74) is 3.19. The fourth-order valence-electron chi connectivity index (χ4n) is 1.77. The molecular formula is C15H12ClFN2. The topological polar surface area (TPSA) is 35.8 Å². The number of nitrogens with one attached hydrogen (secondary N) is 1. The Morgan fingerprint density at radius 1 is 1.26 bits per heavy atom. The van der Waals surface area contributed by atoms with Crippen LogP contribution in [-0.2, 0) is 6.54 Å². The maximum atomic E-state index is 13.0. The predicted molar refractivity (Wildman–Crippen MR) is 74.6 cm³/mol. The van der Waals surface area contributed by atoms with Gasteiger partial charge in [-0.15, -0.1) is 0 Å². The van der Waals surface area contributed by atoms with Crippen molar-refractivity contribution in [1.29, 1.82) is 5.26 Å². The first-order chi connectivity index (χ1) is 9.10. The number of nitriles is 1. The molecule has 0 atom stereocenters. The summed E-state index contributed by atoms with van der Waals surface area (Å²) in [6, 6.07) is 11.9. The van der Waals surface area contributed by atoms with Gasteiger partial charge in [-0.2, -0.15) is 5.26 Å². The third-order valence-corrected chi connectivity index (χ3v) is 3.19. The molecule has 19 heavy (non-hydrogen) atoms. The van der Waals surface area contributed by atoms with Gasteiger partial charge < -0.3 is 5.32 Å². The van der Waals surface area contributed by atoms with Crippen molar-refractivity contribution in [1.82, 2.24) is 0 Å². The predicted octanol–water partition coefficient (Wildman–Crippen LogP) is 4.27. The quantitative estimate of drug-likeness (QED) is 0.907. The van der Waals surface area contributed by atoms with E-state index in [1.807, 2.05) is 13.0 Å². The van der Waals surface area contributed by atoms with E-state index in [2.05, 4.69) is 5.32 Å². The van der Waals surface area contributed by atoms with Crippen molar-refractivity contribution in [2.45, 2.75) is 13.5 Å². The third-order valence-electron chi connectivity index (χ3n) is 2.88. The molecule has 0 aliphatic heterocycles. The lowest BCUT2D eigenvalue weighted by atomic mass is 10.1. The maximum absolute atomic E-state index is 13.0. The zero-order valence-corrected chi connectivity index (χ0v) is 11.1. The highest BCUT2D eigenvalue weighted by molar-refractivity contribution is 6.32. The van der Waals surface area contributed by atoms with Gasteiger partial charge >= 0.3 is 0 Å². The van der Waals surface area contributed by atoms with Crippen molar-refractivity contribution in [2.24, 2.45) is 0 Å². The number of hydrogen-bond donors (Lipinski definition) is 1. The summed E-state index contributed by atoms with van der Waals surface area (Å²) >= 11 is 5.95. The van der Waals surface area contributed by atoms with E-state index in [4.69, 9.17) is 16.9 Å². The highest BCUT2D eigenvalue weighted by atomic mass is 35.5. The van der Waals surface area contributed by atoms with Gasteiger partial charge in [-0.1, -0.05) is 17.7 Å². The molecule has 0 bridgehead atoms. The normalized spacial score (nSPS) is 10.0. The Morgan fingerprint density at radius 2 is 2.05 bits per heavy atom. The molecule has 96 valence electrons. The second-order valence-electron chi connectivity index (χ2n) is 4.23. The average Bonchev–Trinajstić information content (AvgIpc) is 2.38. The number of anilines is 1. The van der Waals surface area contributed by atoms with Gasteiger partial charge in [0.2, 0.25) is 0 Å². The van der Waals surface area contributed by atoms with Gasteiger partial charge in [0, 0.05) is 12.2 Å². The zero-order valence-electron chi connectivity index (χ0n) is 10.4. The van der Waals surface area contributed by atoms with Crippen molar-refractivity contribution >= 4 is 17.3 Å². The lowest BCUT2D eigenvalue weighted by Gasteiger charge is -2.09. The molecule has 2 aromatic rings. The van der Waals surface area contributed by atoms with Crippen LogP contribution in [0.5, 0.6) is 0 Å². The van der Waals surface area contributed by atoms with Crippen molar-refractivity contribution < 1.29 is 4.39 Å². The molecule has 0 spiro atoms. The van der Waals surface area contributed by atoms with E-state index in [9.17, 15) is 4.39 Å². The third kappa shape index (κ3) is 3.24. The van der Waals surface area contributed by atoms with Gasteiger partial charge in [0.05, 0.1) is 10.6 Å². The van der Waals surface area contributed by atoms with Gasteiger partial charge in [0.25, 0.3) is 0 Å². The first kappa shape index (κ1) is 13.4. The number of nitrogens with zero attached hydrogens (tertiary/aromatic N) is 1. The maximum Gasteiger partial charge on any atom is 0.123 e. The van der Waals surface area contributed by atoms with Crippen LogP contribution in [0, 0.1) is 24.1 Å². The van der Waals surface area contributed by atoms with Gasteiger partial charge in [0.15, 0.2) is 0 Å². The fraction of sp³-hybridized carbons (Fsp3) is 0.133. The van der Waals surface area contributed by atoms with Crippen molar-refractivity contribution in [3.8, 4) is 6.07 Å². The summed E-state index contributed by atoms with van der Waals surface area (Å²) in [6.45, 7) is 2.44. The number of hydrogen-bond acceptors (Lipinski definition) is 2. The van der Waals surface area contributed by atoms with Crippen LogP contribution in [0.2, 0.25) is 5.02 Å². The number of halogens is 2. The lowest BCUT2D eigenvalue weighted by molar-refractivity contribution is 0.625. The van der Waals surface area contributed by atoms with E-state index in [0.717, 1.165) is 16.8 Å². The Hall–Kier alpha value is -2.05. The summed E-state index contributed by atoms with van der Waals surface area (Å²) in [7, 11) is 0. The highest BCUT2D eigenvalue weighted by Crippen LogP contribution is 2.21. The molecule has 0 saturated heterocycles. The summed E-state index contributed by atoms with van der Waals surface area (Å²) in [5.74, 6) is -0.234. The standard InChI is InChI=1S/C15H12ClFN2/c1-10-6-13(17)4-2-12(10)9-19-14-5-3-11(8-18)15(16)7-14/h2-7,19H,9H2,1H3. The van der Waals surface area contributed by atoms with E-state index in [-0.39, 0.29) is 5.82 Å². The van der Waals surface area contributed by atoms with Gasteiger partial charge in [-0.05, 0) is 48.4 Å². The summed E-state index contributed by atoms with van der Waals surface area (Å²) in [4.78, 5) is 0. The van der Waals surface area contributed by atoms with Crippen LogP contribution in [0.4, 0.5) is 10.1 Å². The summed E-state index contributed by atoms with van der Waals surface area (Å²) in [5, 5.41) is 12.4. The van der Waals surface area contributed by atoms with E-state index in [1.165, 1.54) is 12.1 Å². The molecule has 0 saturated carbocycles. The first-order valence-electron chi connectivity index (χ1n) is 5.78. The molecule has 2 rings (SSSR count). The minimum Gasteiger partial charge on any atom is -0.381 e. The van der Waals surface area contributed by atoms with Gasteiger partial charge in [-0.3, -0.25) is 0 Å². The van der Waals surface area contributed by atoms with E-state index in [1.54, 1.807) is 24.3 Å². The molecule has 0 amide bonds. The smallest absolute Gasteiger partial charge is 0.123 e. The minimum absolute atomic E-state index is 0.234. The molecule has 0 aliphatic rings.